The van der Waals surface area contributed by atoms with Crippen LogP contribution in [0.15, 0.2) is 0 Å². The van der Waals surface area contributed by atoms with Gasteiger partial charge in [0.05, 0.1) is 0 Å². The molecule has 0 atom stereocenters. The second-order valence-electron chi connectivity index (χ2n) is 2.17. The second kappa shape index (κ2) is 2.95. The van der Waals surface area contributed by atoms with Crippen LogP contribution in [-0.4, -0.2) is 13.1 Å². The van der Waals surface area contributed by atoms with Gasteiger partial charge in [0.25, 0.3) is 0 Å². The Labute approximate surface area is 54.2 Å². The molecule has 0 spiro atoms. The molecule has 0 aromatic heterocycles. The molecule has 0 rings (SSSR count). The summed E-state index contributed by atoms with van der Waals surface area (Å²) in [6.07, 6.45) is 0. The first kappa shape index (κ1) is 9.98. The van der Waals surface area contributed by atoms with E-state index in [1.165, 1.54) is 0 Å². The van der Waals surface area contributed by atoms with Crippen LogP contribution >= 0.6 is 0 Å². The van der Waals surface area contributed by atoms with Gasteiger partial charge in [-0.15, -0.1) is 0 Å². The SMILES string of the molecule is C[Si](C)(C)O.[W]. The van der Waals surface area contributed by atoms with E-state index in [4.69, 9.17) is 4.80 Å². The molecule has 1 N–H and O–H groups in total. The van der Waals surface area contributed by atoms with Gasteiger partial charge in [-0.25, -0.2) is 0 Å². The average Bonchev–Trinajstić information content (AvgIpc) is 0.722. The predicted molar refractivity (Wildman–Crippen MR) is 25.6 cm³/mol. The maximum Gasteiger partial charge on any atom is 0.179 e. The molecular formula is C3H10OSiW. The van der Waals surface area contributed by atoms with Crippen LogP contribution in [0.5, 0.6) is 0 Å². The van der Waals surface area contributed by atoms with Crippen molar-refractivity contribution in [3.63, 3.8) is 0 Å². The summed E-state index contributed by atoms with van der Waals surface area (Å²) in [5.74, 6) is 0. The van der Waals surface area contributed by atoms with E-state index in [2.05, 4.69) is 0 Å². The molecule has 0 fully saturated rings. The third kappa shape index (κ3) is 97.1. The Kier molecular flexibility index (Phi) is 4.90. The van der Waals surface area contributed by atoms with Crippen LogP contribution in [0.1, 0.15) is 0 Å². The summed E-state index contributed by atoms with van der Waals surface area (Å²) in [7, 11) is -1.61. The Morgan fingerprint density at radius 2 is 1.17 bits per heavy atom. The van der Waals surface area contributed by atoms with Gasteiger partial charge in [-0.1, -0.05) is 0 Å². The zero-order chi connectivity index (χ0) is 4.50. The van der Waals surface area contributed by atoms with E-state index >= 15 is 0 Å². The van der Waals surface area contributed by atoms with Crippen LogP contribution in [0.2, 0.25) is 19.6 Å². The van der Waals surface area contributed by atoms with E-state index in [0.717, 1.165) is 0 Å². The standard InChI is InChI=1S/C3H10OSi.W/c1-5(2,3)4;/h4H,1-3H3;. The maximum absolute atomic E-state index is 8.66. The van der Waals surface area contributed by atoms with E-state index in [-0.39, 0.29) is 21.1 Å². The van der Waals surface area contributed by atoms with Crippen molar-refractivity contribution in [1.82, 2.24) is 0 Å². The molecule has 3 heteroatoms. The zero-order valence-electron chi connectivity index (χ0n) is 4.36. The van der Waals surface area contributed by atoms with Gasteiger partial charge in [0.15, 0.2) is 8.32 Å². The van der Waals surface area contributed by atoms with Crippen LogP contribution in [-0.2, 0) is 21.1 Å². The molecule has 0 saturated carbocycles. The van der Waals surface area contributed by atoms with Crippen molar-refractivity contribution in [2.45, 2.75) is 19.6 Å². The van der Waals surface area contributed by atoms with E-state index in [1.807, 2.05) is 19.6 Å². The molecule has 0 aromatic carbocycles. The third-order valence-corrected chi connectivity index (χ3v) is 0. The van der Waals surface area contributed by atoms with Crippen molar-refractivity contribution in [2.24, 2.45) is 0 Å². The van der Waals surface area contributed by atoms with Crippen molar-refractivity contribution in [1.29, 1.82) is 0 Å². The van der Waals surface area contributed by atoms with Gasteiger partial charge in [-0.3, -0.25) is 0 Å². The van der Waals surface area contributed by atoms with Crippen molar-refractivity contribution in [3.8, 4) is 0 Å². The molecular weight excluding hydrogens is 264 g/mol. The molecule has 0 saturated heterocycles. The topological polar surface area (TPSA) is 20.2 Å². The molecule has 0 unspecified atom stereocenters. The Bertz CT molecular complexity index is 26.3. The summed E-state index contributed by atoms with van der Waals surface area (Å²) >= 11 is 0. The normalized spacial score (nSPS) is 10.0. The Balaban J connectivity index is 0. The van der Waals surface area contributed by atoms with Gasteiger partial charge >= 0.3 is 0 Å². The molecule has 0 aromatic rings. The van der Waals surface area contributed by atoms with Gasteiger partial charge in [0.2, 0.25) is 0 Å². The largest absolute Gasteiger partial charge is 0.433 e. The van der Waals surface area contributed by atoms with Crippen LogP contribution < -0.4 is 0 Å². The van der Waals surface area contributed by atoms with Gasteiger partial charge < -0.3 is 4.80 Å². The van der Waals surface area contributed by atoms with Crippen LogP contribution in [0.25, 0.3) is 0 Å². The fraction of sp³-hybridized carbons (Fsp3) is 1.00. The molecule has 6 heavy (non-hydrogen) atoms. The fourth-order valence-corrected chi connectivity index (χ4v) is 0. The minimum atomic E-state index is -1.61. The zero-order valence-corrected chi connectivity index (χ0v) is 8.29. The van der Waals surface area contributed by atoms with Crippen LogP contribution in [0.4, 0.5) is 0 Å². The summed E-state index contributed by atoms with van der Waals surface area (Å²) in [6, 6.07) is 0. The Morgan fingerprint density at radius 1 is 1.17 bits per heavy atom. The number of hydrogen-bond donors (Lipinski definition) is 1. The first-order chi connectivity index (χ1) is 2.00. The summed E-state index contributed by atoms with van der Waals surface area (Å²) in [4.78, 5) is 8.66. The van der Waals surface area contributed by atoms with Gasteiger partial charge in [-0.2, -0.15) is 0 Å². The minimum Gasteiger partial charge on any atom is -0.433 e. The number of rotatable bonds is 0. The molecule has 0 amide bonds. The van der Waals surface area contributed by atoms with Crippen molar-refractivity contribution < 1.29 is 25.9 Å². The molecule has 0 aliphatic carbocycles. The van der Waals surface area contributed by atoms with E-state index in [1.54, 1.807) is 0 Å². The van der Waals surface area contributed by atoms with Crippen molar-refractivity contribution in [2.75, 3.05) is 0 Å². The van der Waals surface area contributed by atoms with Gasteiger partial charge in [0.1, 0.15) is 0 Å². The quantitative estimate of drug-likeness (QED) is 0.648. The maximum atomic E-state index is 8.66. The summed E-state index contributed by atoms with van der Waals surface area (Å²) < 4.78 is 0. The van der Waals surface area contributed by atoms with Gasteiger partial charge in [-0.05, 0) is 19.6 Å². The molecule has 0 bridgehead atoms. The molecule has 1 nitrogen and oxygen atoms in total. The van der Waals surface area contributed by atoms with E-state index < -0.39 is 8.32 Å². The first-order valence-corrected chi connectivity index (χ1v) is 5.17. The minimum absolute atomic E-state index is 0. The van der Waals surface area contributed by atoms with Crippen LogP contribution in [0.3, 0.4) is 0 Å². The van der Waals surface area contributed by atoms with E-state index in [9.17, 15) is 0 Å². The van der Waals surface area contributed by atoms with Gasteiger partial charge in [0, 0.05) is 21.1 Å². The molecule has 0 heterocycles. The molecule has 0 aliphatic heterocycles. The summed E-state index contributed by atoms with van der Waals surface area (Å²) in [5, 5.41) is 0. The monoisotopic (exact) mass is 274 g/mol. The third-order valence-electron chi connectivity index (χ3n) is 0. The molecule has 38 valence electrons. The summed E-state index contributed by atoms with van der Waals surface area (Å²) in [5.41, 5.74) is 0. The number of hydrogen-bond acceptors (Lipinski definition) is 1. The Hall–Kier alpha value is 0.865. The molecule has 0 radical (unpaired) electrons. The van der Waals surface area contributed by atoms with Crippen LogP contribution in [0, 0.1) is 0 Å². The average molecular weight is 274 g/mol. The fourth-order valence-electron chi connectivity index (χ4n) is 0. The summed E-state index contributed by atoms with van der Waals surface area (Å²) in [6.45, 7) is 5.65. The van der Waals surface area contributed by atoms with Crippen molar-refractivity contribution >= 4 is 8.32 Å². The second-order valence-corrected chi connectivity index (χ2v) is 6.51. The predicted octanol–water partition coefficient (Wildman–Crippen LogP) is 0.811. The van der Waals surface area contributed by atoms with Crippen molar-refractivity contribution in [3.05, 3.63) is 0 Å². The Morgan fingerprint density at radius 3 is 1.17 bits per heavy atom. The van der Waals surface area contributed by atoms with E-state index in [0.29, 0.717) is 0 Å². The first-order valence-electron chi connectivity index (χ1n) is 1.72. The molecule has 0 aliphatic rings. The smallest absolute Gasteiger partial charge is 0.179 e.